The predicted octanol–water partition coefficient (Wildman–Crippen LogP) is 9.56. The highest BCUT2D eigenvalue weighted by Gasteiger charge is 2.38. The molecule has 0 radical (unpaired) electrons. The van der Waals surface area contributed by atoms with E-state index in [0.29, 0.717) is 24.7 Å². The molecule has 0 rings (SSSR count). The van der Waals surface area contributed by atoms with E-state index in [0.717, 1.165) is 25.7 Å². The maximum Gasteiger partial charge on any atom is 0.320 e. The third-order valence-corrected chi connectivity index (χ3v) is 8.87. The molecule has 0 spiro atoms. The summed E-state index contributed by atoms with van der Waals surface area (Å²) in [5.41, 5.74) is 0. The third-order valence-electron chi connectivity index (χ3n) is 7.55. The minimum Gasteiger partial charge on any atom is -0.466 e. The highest BCUT2D eigenvalue weighted by molar-refractivity contribution is 7.82. The Morgan fingerprint density at radius 1 is 0.641 bits per heavy atom. The van der Waals surface area contributed by atoms with Crippen molar-refractivity contribution in [3.8, 4) is 0 Å². The van der Waals surface area contributed by atoms with Crippen molar-refractivity contribution in [3.63, 3.8) is 0 Å². The summed E-state index contributed by atoms with van der Waals surface area (Å²) in [6.07, 6.45) is 24.4. The summed E-state index contributed by atoms with van der Waals surface area (Å²) in [4.78, 5) is 25.9. The topological polar surface area (TPSA) is 52.6 Å². The van der Waals surface area contributed by atoms with Gasteiger partial charge in [0.2, 0.25) is 0 Å². The van der Waals surface area contributed by atoms with Crippen molar-refractivity contribution in [2.45, 2.75) is 156 Å². The van der Waals surface area contributed by atoms with Gasteiger partial charge in [0.25, 0.3) is 0 Å². The molecule has 0 saturated heterocycles. The molecule has 5 nitrogen and oxygen atoms in total. The fourth-order valence-electron chi connectivity index (χ4n) is 4.63. The Kier molecular flexibility index (Phi) is 25.8. The maximum absolute atomic E-state index is 12.9. The van der Waals surface area contributed by atoms with Crippen molar-refractivity contribution in [2.75, 3.05) is 26.8 Å². The van der Waals surface area contributed by atoms with Crippen molar-refractivity contribution in [1.82, 2.24) is 0 Å². The van der Waals surface area contributed by atoms with Gasteiger partial charge >= 0.3 is 11.9 Å². The number of thiocarbonyl (C=S) groups is 1. The third kappa shape index (κ3) is 21.7. The van der Waals surface area contributed by atoms with Gasteiger partial charge in [-0.05, 0) is 32.0 Å². The summed E-state index contributed by atoms with van der Waals surface area (Å²) < 4.78 is 11.1. The van der Waals surface area contributed by atoms with Crippen molar-refractivity contribution in [1.29, 1.82) is 0 Å². The quantitative estimate of drug-likeness (QED) is 0.0340. The molecule has 2 unspecified atom stereocenters. The van der Waals surface area contributed by atoms with Crippen LogP contribution in [0.25, 0.3) is 0 Å². The lowest BCUT2D eigenvalue weighted by Gasteiger charge is -2.28. The maximum atomic E-state index is 12.9. The molecular formula is C32H62NO4S2+. The van der Waals surface area contributed by atoms with Gasteiger partial charge in [-0.15, -0.1) is 0 Å². The first kappa shape index (κ1) is 38.3. The first-order chi connectivity index (χ1) is 18.8. The van der Waals surface area contributed by atoms with Crippen LogP contribution >= 0.6 is 25.0 Å². The van der Waals surface area contributed by atoms with Crippen LogP contribution in [-0.2, 0) is 19.1 Å². The van der Waals surface area contributed by atoms with Gasteiger partial charge in [0.1, 0.15) is 0 Å². The molecule has 2 atom stereocenters. The molecule has 0 aromatic heterocycles. The Hall–Kier alpha value is -0.660. The van der Waals surface area contributed by atoms with E-state index in [1.807, 2.05) is 14.0 Å². The lowest BCUT2D eigenvalue weighted by atomic mass is 10.0. The number of esters is 2. The minimum absolute atomic E-state index is 0.0815. The van der Waals surface area contributed by atoms with E-state index in [1.54, 1.807) is 0 Å². The van der Waals surface area contributed by atoms with Crippen LogP contribution in [0.1, 0.15) is 156 Å². The summed E-state index contributed by atoms with van der Waals surface area (Å²) in [6.45, 7) is 7.81. The Labute approximate surface area is 252 Å². The first-order valence-electron chi connectivity index (χ1n) is 16.2. The number of hydrogen-bond acceptors (Lipinski definition) is 6. The van der Waals surface area contributed by atoms with E-state index in [9.17, 15) is 9.59 Å². The minimum atomic E-state index is -0.814. The molecule has 230 valence electrons. The molecule has 0 amide bonds. The van der Waals surface area contributed by atoms with E-state index in [1.165, 1.54) is 103 Å². The Morgan fingerprint density at radius 3 is 1.38 bits per heavy atom. The van der Waals surface area contributed by atoms with Crippen LogP contribution in [0.2, 0.25) is 0 Å². The van der Waals surface area contributed by atoms with Crippen molar-refractivity contribution < 1.29 is 23.0 Å². The fraction of sp³-hybridized carbons (Fsp3) is 0.906. The van der Waals surface area contributed by atoms with Gasteiger partial charge in [-0.2, -0.15) is 0 Å². The molecule has 0 saturated carbocycles. The average molecular weight is 589 g/mol. The number of carbonyl (C=O) groups excluding carboxylic acids is 2. The van der Waals surface area contributed by atoms with Crippen molar-refractivity contribution in [3.05, 3.63) is 0 Å². The lowest BCUT2D eigenvalue weighted by Crippen LogP contribution is -2.46. The molecule has 0 aromatic rings. The molecule has 7 heteroatoms. The molecular weight excluding hydrogens is 526 g/mol. The van der Waals surface area contributed by atoms with Gasteiger partial charge in [0.05, 0.1) is 46.0 Å². The average Bonchev–Trinajstić information content (AvgIpc) is 2.92. The number of thiol groups is 1. The molecule has 0 fully saturated rings. The number of unbranched alkanes of at least 4 members (excludes halogenated alkanes) is 18. The van der Waals surface area contributed by atoms with E-state index < -0.39 is 17.9 Å². The first-order valence-corrected chi connectivity index (χ1v) is 17.1. The largest absolute Gasteiger partial charge is 0.466 e. The van der Waals surface area contributed by atoms with Crippen LogP contribution < -0.4 is 0 Å². The van der Waals surface area contributed by atoms with Crippen LogP contribution in [-0.4, -0.2) is 47.6 Å². The van der Waals surface area contributed by atoms with E-state index in [2.05, 4.69) is 26.7 Å². The summed E-state index contributed by atoms with van der Waals surface area (Å²) >= 11 is 10.2. The van der Waals surface area contributed by atoms with Crippen molar-refractivity contribution in [2.24, 2.45) is 5.92 Å². The number of nitrogens with zero attached hydrogens (tertiary/aromatic N) is 1. The van der Waals surface area contributed by atoms with Gasteiger partial charge in [-0.3, -0.25) is 9.59 Å². The second kappa shape index (κ2) is 26.3. The summed E-state index contributed by atoms with van der Waals surface area (Å²) in [5, 5.41) is 0. The molecule has 0 bridgehead atoms. The number of carbonyl (C=O) groups is 2. The number of ether oxygens (including phenoxy) is 2. The fourth-order valence-corrected chi connectivity index (χ4v) is 5.08. The summed E-state index contributed by atoms with van der Waals surface area (Å²) in [6, 6.07) is 0. The number of quaternary nitrogens is 1. The smallest absolute Gasteiger partial charge is 0.320 e. The van der Waals surface area contributed by atoms with Gasteiger partial charge in [-0.25, -0.2) is 3.89 Å². The van der Waals surface area contributed by atoms with Crippen molar-refractivity contribution >= 4 is 42.0 Å². The van der Waals surface area contributed by atoms with Crippen LogP contribution in [0.3, 0.4) is 0 Å². The van der Waals surface area contributed by atoms with Crippen LogP contribution in [0.15, 0.2) is 0 Å². The Balaban J connectivity index is 4.27. The second-order valence-electron chi connectivity index (χ2n) is 11.3. The van der Waals surface area contributed by atoms with E-state index in [4.69, 9.17) is 21.7 Å². The molecule has 0 aliphatic rings. The predicted molar refractivity (Wildman–Crippen MR) is 172 cm³/mol. The summed E-state index contributed by atoms with van der Waals surface area (Å²) in [7, 11) is 1.84. The van der Waals surface area contributed by atoms with Gasteiger partial charge in [-0.1, -0.05) is 129 Å². The molecule has 0 aromatic carbocycles. The van der Waals surface area contributed by atoms with Gasteiger partial charge in [0.15, 0.2) is 10.9 Å². The highest BCUT2D eigenvalue weighted by Crippen LogP contribution is 2.21. The van der Waals surface area contributed by atoms with Crippen LogP contribution in [0.5, 0.6) is 0 Å². The zero-order valence-corrected chi connectivity index (χ0v) is 27.7. The monoisotopic (exact) mass is 588 g/mol. The number of rotatable bonds is 27. The molecule has 0 aliphatic carbocycles. The molecule has 0 N–H and O–H groups in total. The SMILES string of the molecule is CCCCCCCCCCCCOC(=O)CC(C(=O)OCCCCCCCCCCCC)C(=S)[N+](C)(S)CC. The molecule has 0 aliphatic heterocycles. The van der Waals surface area contributed by atoms with Crippen LogP contribution in [0.4, 0.5) is 0 Å². The second-order valence-corrected chi connectivity index (χ2v) is 12.6. The Morgan fingerprint density at radius 2 is 1.00 bits per heavy atom. The normalized spacial score (nSPS) is 13.6. The zero-order chi connectivity index (χ0) is 29.2. The zero-order valence-electron chi connectivity index (χ0n) is 26.0. The number of hydrogen-bond donors (Lipinski definition) is 1. The van der Waals surface area contributed by atoms with Gasteiger partial charge in [0, 0.05) is 0 Å². The van der Waals surface area contributed by atoms with Crippen LogP contribution in [0, 0.1) is 5.92 Å². The van der Waals surface area contributed by atoms with E-state index in [-0.39, 0.29) is 10.3 Å². The lowest BCUT2D eigenvalue weighted by molar-refractivity contribution is -0.666. The highest BCUT2D eigenvalue weighted by atomic mass is 32.1. The molecule has 0 heterocycles. The van der Waals surface area contributed by atoms with Gasteiger partial charge < -0.3 is 9.47 Å². The Bertz CT molecular complexity index is 627. The molecule has 39 heavy (non-hydrogen) atoms. The summed E-state index contributed by atoms with van der Waals surface area (Å²) in [5.74, 6) is -1.64. The standard InChI is InChI=1S/C32H62NO4S2/c1-5-8-10-12-14-16-18-20-22-24-26-36-30(34)28-29(31(38)33(4,39)7-3)32(35)37-27-25-23-21-19-17-15-13-11-9-6-2/h29,39H,5-28H2,1-4H3/q+1. The van der Waals surface area contributed by atoms with E-state index >= 15 is 0 Å².